The third-order valence-electron chi connectivity index (χ3n) is 4.04. The van der Waals surface area contributed by atoms with E-state index in [0.717, 1.165) is 30.0 Å². The SMILES string of the molecule is CCOC(=O)C1CSCCN1CC(=O)NCCc1ccc(OC)cc1. The Labute approximate surface area is 153 Å². The van der Waals surface area contributed by atoms with Crippen molar-refractivity contribution in [3.05, 3.63) is 29.8 Å². The first-order valence-corrected chi connectivity index (χ1v) is 9.67. The summed E-state index contributed by atoms with van der Waals surface area (Å²) in [6.07, 6.45) is 0.757. The van der Waals surface area contributed by atoms with Gasteiger partial charge < -0.3 is 14.8 Å². The van der Waals surface area contributed by atoms with Crippen LogP contribution < -0.4 is 10.1 Å². The Morgan fingerprint density at radius 3 is 2.76 bits per heavy atom. The van der Waals surface area contributed by atoms with E-state index in [1.54, 1.807) is 25.8 Å². The number of hydrogen-bond acceptors (Lipinski definition) is 6. The third kappa shape index (κ3) is 6.25. The smallest absolute Gasteiger partial charge is 0.324 e. The Hall–Kier alpha value is -1.73. The normalized spacial score (nSPS) is 17.8. The van der Waals surface area contributed by atoms with Crippen LogP contribution in [-0.4, -0.2) is 67.7 Å². The van der Waals surface area contributed by atoms with Gasteiger partial charge in [0.25, 0.3) is 0 Å². The number of carbonyl (C=O) groups is 2. The molecule has 0 radical (unpaired) electrons. The minimum Gasteiger partial charge on any atom is -0.497 e. The first kappa shape index (κ1) is 19.6. The van der Waals surface area contributed by atoms with Gasteiger partial charge >= 0.3 is 5.97 Å². The number of nitrogens with zero attached hydrogens (tertiary/aromatic N) is 1. The largest absolute Gasteiger partial charge is 0.497 e. The van der Waals surface area contributed by atoms with Crippen LogP contribution in [0.25, 0.3) is 0 Å². The molecule has 1 aromatic carbocycles. The topological polar surface area (TPSA) is 67.9 Å². The Morgan fingerprint density at radius 2 is 2.08 bits per heavy atom. The number of methoxy groups -OCH3 is 1. The van der Waals surface area contributed by atoms with Gasteiger partial charge in [-0.2, -0.15) is 11.8 Å². The maximum atomic E-state index is 12.2. The Balaban J connectivity index is 1.76. The van der Waals surface area contributed by atoms with Gasteiger partial charge in [0.1, 0.15) is 11.8 Å². The summed E-state index contributed by atoms with van der Waals surface area (Å²) in [6, 6.07) is 7.47. The highest BCUT2D eigenvalue weighted by Crippen LogP contribution is 2.17. The molecule has 0 saturated carbocycles. The van der Waals surface area contributed by atoms with Crippen LogP contribution in [0.1, 0.15) is 12.5 Å². The second kappa shape index (κ2) is 10.3. The fourth-order valence-corrected chi connectivity index (χ4v) is 3.76. The van der Waals surface area contributed by atoms with Crippen molar-refractivity contribution in [1.82, 2.24) is 10.2 Å². The predicted octanol–water partition coefficient (Wildman–Crippen LogP) is 1.33. The van der Waals surface area contributed by atoms with Crippen molar-refractivity contribution in [1.29, 1.82) is 0 Å². The molecule has 0 aliphatic carbocycles. The summed E-state index contributed by atoms with van der Waals surface area (Å²) in [5.41, 5.74) is 1.14. The zero-order valence-corrected chi connectivity index (χ0v) is 15.6. The van der Waals surface area contributed by atoms with Crippen LogP contribution >= 0.6 is 11.8 Å². The van der Waals surface area contributed by atoms with E-state index in [4.69, 9.17) is 9.47 Å². The van der Waals surface area contributed by atoms with Crippen molar-refractivity contribution in [2.45, 2.75) is 19.4 Å². The summed E-state index contributed by atoms with van der Waals surface area (Å²) in [6.45, 7) is 3.68. The standard InChI is InChI=1S/C18H26N2O4S/c1-3-24-18(22)16-13-25-11-10-20(16)12-17(21)19-9-8-14-4-6-15(23-2)7-5-14/h4-7,16H,3,8-13H2,1-2H3,(H,19,21). The summed E-state index contributed by atoms with van der Waals surface area (Å²) in [5, 5.41) is 2.93. The van der Waals surface area contributed by atoms with Crippen molar-refractivity contribution in [3.8, 4) is 5.75 Å². The fraction of sp³-hybridized carbons (Fsp3) is 0.556. The molecule has 2 rings (SSSR count). The highest BCUT2D eigenvalue weighted by atomic mass is 32.2. The van der Waals surface area contributed by atoms with E-state index >= 15 is 0 Å². The molecule has 1 aliphatic rings. The van der Waals surface area contributed by atoms with Crippen molar-refractivity contribution in [2.75, 3.05) is 44.9 Å². The van der Waals surface area contributed by atoms with E-state index in [0.29, 0.717) is 18.9 Å². The quantitative estimate of drug-likeness (QED) is 0.700. The van der Waals surface area contributed by atoms with Crippen molar-refractivity contribution < 1.29 is 19.1 Å². The molecule has 1 aliphatic heterocycles. The van der Waals surface area contributed by atoms with Crippen LogP contribution in [0, 0.1) is 0 Å². The van der Waals surface area contributed by atoms with Gasteiger partial charge in [-0.05, 0) is 31.0 Å². The summed E-state index contributed by atoms with van der Waals surface area (Å²) < 4.78 is 10.2. The average molecular weight is 366 g/mol. The number of hydrogen-bond donors (Lipinski definition) is 1. The van der Waals surface area contributed by atoms with Crippen LogP contribution in [0.2, 0.25) is 0 Å². The Bertz CT molecular complexity index is 565. The number of benzene rings is 1. The number of thioether (sulfide) groups is 1. The van der Waals surface area contributed by atoms with Crippen molar-refractivity contribution >= 4 is 23.6 Å². The first-order valence-electron chi connectivity index (χ1n) is 8.52. The molecule has 1 fully saturated rings. The lowest BCUT2D eigenvalue weighted by Crippen LogP contribution is -2.51. The van der Waals surface area contributed by atoms with E-state index in [1.807, 2.05) is 29.2 Å². The lowest BCUT2D eigenvalue weighted by atomic mass is 10.1. The summed E-state index contributed by atoms with van der Waals surface area (Å²) in [5.74, 6) is 2.13. The fourth-order valence-electron chi connectivity index (χ4n) is 2.66. The monoisotopic (exact) mass is 366 g/mol. The zero-order valence-electron chi connectivity index (χ0n) is 14.8. The van der Waals surface area contributed by atoms with Gasteiger partial charge in [-0.15, -0.1) is 0 Å². The molecule has 1 N–H and O–H groups in total. The minimum atomic E-state index is -0.328. The van der Waals surface area contributed by atoms with Crippen LogP contribution in [-0.2, 0) is 20.7 Å². The molecule has 25 heavy (non-hydrogen) atoms. The maximum absolute atomic E-state index is 12.2. The molecule has 1 amide bonds. The van der Waals surface area contributed by atoms with Crippen LogP contribution in [0.15, 0.2) is 24.3 Å². The molecular weight excluding hydrogens is 340 g/mol. The van der Waals surface area contributed by atoms with Gasteiger partial charge in [0.2, 0.25) is 5.91 Å². The minimum absolute atomic E-state index is 0.0605. The Morgan fingerprint density at radius 1 is 1.32 bits per heavy atom. The lowest BCUT2D eigenvalue weighted by molar-refractivity contribution is -0.149. The summed E-state index contributed by atoms with van der Waals surface area (Å²) >= 11 is 1.72. The highest BCUT2D eigenvalue weighted by Gasteiger charge is 2.31. The number of nitrogens with one attached hydrogen (secondary N) is 1. The van der Waals surface area contributed by atoms with Gasteiger partial charge in [0.05, 0.1) is 20.3 Å². The van der Waals surface area contributed by atoms with E-state index in [2.05, 4.69) is 5.32 Å². The average Bonchev–Trinajstić information content (AvgIpc) is 2.63. The predicted molar refractivity (Wildman–Crippen MR) is 99.0 cm³/mol. The van der Waals surface area contributed by atoms with Crippen LogP contribution in [0.5, 0.6) is 5.75 Å². The lowest BCUT2D eigenvalue weighted by Gasteiger charge is -2.32. The van der Waals surface area contributed by atoms with Gasteiger partial charge in [-0.25, -0.2) is 0 Å². The molecule has 0 spiro atoms. The second-order valence-electron chi connectivity index (χ2n) is 5.76. The molecule has 7 heteroatoms. The third-order valence-corrected chi connectivity index (χ3v) is 5.06. The molecule has 6 nitrogen and oxygen atoms in total. The first-order chi connectivity index (χ1) is 12.1. The van der Waals surface area contributed by atoms with Gasteiger partial charge in [0, 0.05) is 24.6 Å². The number of amides is 1. The van der Waals surface area contributed by atoms with E-state index in [9.17, 15) is 9.59 Å². The number of rotatable bonds is 8. The number of esters is 1. The molecule has 1 aromatic rings. The zero-order chi connectivity index (χ0) is 18.1. The van der Waals surface area contributed by atoms with Gasteiger partial charge in [-0.3, -0.25) is 14.5 Å². The second-order valence-corrected chi connectivity index (χ2v) is 6.91. The van der Waals surface area contributed by atoms with Crippen molar-refractivity contribution in [3.63, 3.8) is 0 Å². The van der Waals surface area contributed by atoms with Crippen LogP contribution in [0.4, 0.5) is 0 Å². The van der Waals surface area contributed by atoms with Gasteiger partial charge in [-0.1, -0.05) is 12.1 Å². The molecule has 1 saturated heterocycles. The van der Waals surface area contributed by atoms with E-state index < -0.39 is 0 Å². The molecule has 1 unspecified atom stereocenters. The summed E-state index contributed by atoms with van der Waals surface area (Å²) in [7, 11) is 1.64. The molecule has 138 valence electrons. The molecule has 0 bridgehead atoms. The number of carbonyl (C=O) groups excluding carboxylic acids is 2. The highest BCUT2D eigenvalue weighted by molar-refractivity contribution is 7.99. The molecular formula is C18H26N2O4S. The Kier molecular flexibility index (Phi) is 8.08. The maximum Gasteiger partial charge on any atom is 0.324 e. The molecule has 0 aromatic heterocycles. The summed E-state index contributed by atoms with van der Waals surface area (Å²) in [4.78, 5) is 26.1. The molecule has 1 atom stereocenters. The van der Waals surface area contributed by atoms with E-state index in [1.165, 1.54) is 0 Å². The van der Waals surface area contributed by atoms with Crippen LogP contribution in [0.3, 0.4) is 0 Å². The molecule has 1 heterocycles. The van der Waals surface area contributed by atoms with Crippen molar-refractivity contribution in [2.24, 2.45) is 0 Å². The van der Waals surface area contributed by atoms with Gasteiger partial charge in [0.15, 0.2) is 0 Å². The number of ether oxygens (including phenoxy) is 2. The van der Waals surface area contributed by atoms with E-state index in [-0.39, 0.29) is 24.5 Å².